The first kappa shape index (κ1) is 16.2. The average Bonchev–Trinajstić information content (AvgIpc) is 2.94. The molecule has 1 aromatic carbocycles. The van der Waals surface area contributed by atoms with E-state index in [0.29, 0.717) is 16.1 Å². The van der Waals surface area contributed by atoms with Crippen LogP contribution in [0.5, 0.6) is 11.5 Å². The van der Waals surface area contributed by atoms with Gasteiger partial charge in [-0.25, -0.2) is 4.52 Å². The molecule has 3 aromatic rings. The lowest BCUT2D eigenvalue weighted by Crippen LogP contribution is -2.09. The van der Waals surface area contributed by atoms with Crippen LogP contribution >= 0.6 is 15.9 Å². The second kappa shape index (κ2) is 5.78. The quantitative estimate of drug-likeness (QED) is 0.466. The molecule has 0 aliphatic carbocycles. The van der Waals surface area contributed by atoms with E-state index in [9.17, 15) is 23.3 Å². The minimum atomic E-state index is -4.87. The number of aromatic nitrogens is 2. The van der Waals surface area contributed by atoms with E-state index in [1.807, 2.05) is 0 Å². The van der Waals surface area contributed by atoms with Crippen LogP contribution in [0.2, 0.25) is 0 Å². The molecule has 0 amide bonds. The van der Waals surface area contributed by atoms with Crippen molar-refractivity contribution >= 4 is 27.1 Å². The second-order valence-electron chi connectivity index (χ2n) is 4.72. The summed E-state index contributed by atoms with van der Waals surface area (Å²) in [6.07, 6.45) is -1.71. The summed E-state index contributed by atoms with van der Waals surface area (Å²) in [7, 11) is 0. The summed E-state index contributed by atoms with van der Waals surface area (Å²) in [5.41, 5.74) is -1.87. The van der Waals surface area contributed by atoms with Crippen LogP contribution in [0.4, 0.5) is 18.9 Å². The molecule has 0 saturated carbocycles. The molecule has 0 atom stereocenters. The van der Waals surface area contributed by atoms with E-state index in [4.69, 9.17) is 4.74 Å². The number of halogens is 4. The zero-order valence-electron chi connectivity index (χ0n) is 11.6. The fourth-order valence-electron chi connectivity index (χ4n) is 2.14. The van der Waals surface area contributed by atoms with Gasteiger partial charge in [0.2, 0.25) is 0 Å². The van der Waals surface area contributed by atoms with Crippen LogP contribution in [-0.4, -0.2) is 14.5 Å². The van der Waals surface area contributed by atoms with E-state index in [1.54, 1.807) is 18.3 Å². The summed E-state index contributed by atoms with van der Waals surface area (Å²) < 4.78 is 46.6. The number of hydrogen-bond acceptors (Lipinski definition) is 4. The highest BCUT2D eigenvalue weighted by Crippen LogP contribution is 2.39. The van der Waals surface area contributed by atoms with Gasteiger partial charge in [-0.15, -0.1) is 0 Å². The topological polar surface area (TPSA) is 69.7 Å². The van der Waals surface area contributed by atoms with Gasteiger partial charge < -0.3 is 4.74 Å². The molecule has 10 heteroatoms. The molecule has 0 N–H and O–H groups in total. The summed E-state index contributed by atoms with van der Waals surface area (Å²) in [6, 6.07) is 5.67. The molecule has 0 bridgehead atoms. The Balaban J connectivity index is 2.07. The minimum absolute atomic E-state index is 0.172. The van der Waals surface area contributed by atoms with Gasteiger partial charge >= 0.3 is 6.18 Å². The molecule has 124 valence electrons. The molecule has 0 radical (unpaired) electrons. The maximum absolute atomic E-state index is 13.0. The van der Waals surface area contributed by atoms with Gasteiger partial charge in [-0.05, 0) is 40.2 Å². The third-order valence-corrected chi connectivity index (χ3v) is 3.57. The number of nitro groups is 1. The first-order valence-corrected chi connectivity index (χ1v) is 7.21. The van der Waals surface area contributed by atoms with Gasteiger partial charge in [-0.3, -0.25) is 10.1 Å². The lowest BCUT2D eigenvalue weighted by molar-refractivity contribution is -0.388. The third-order valence-electron chi connectivity index (χ3n) is 3.14. The number of pyridine rings is 1. The molecule has 2 aromatic heterocycles. The molecule has 3 rings (SSSR count). The van der Waals surface area contributed by atoms with Gasteiger partial charge in [-0.2, -0.15) is 18.3 Å². The monoisotopic (exact) mass is 401 g/mol. The number of nitro benzene ring substituents is 1. The smallest absolute Gasteiger partial charge is 0.423 e. The summed E-state index contributed by atoms with van der Waals surface area (Å²) in [6.45, 7) is 0. The van der Waals surface area contributed by atoms with Crippen molar-refractivity contribution in [2.24, 2.45) is 0 Å². The lowest BCUT2D eigenvalue weighted by Gasteiger charge is -2.11. The molecule has 24 heavy (non-hydrogen) atoms. The molecule has 0 aliphatic heterocycles. The van der Waals surface area contributed by atoms with E-state index in [2.05, 4.69) is 21.0 Å². The van der Waals surface area contributed by atoms with Gasteiger partial charge in [0.05, 0.1) is 11.1 Å². The highest BCUT2D eigenvalue weighted by Gasteiger charge is 2.38. The Labute approximate surface area is 140 Å². The first-order valence-electron chi connectivity index (χ1n) is 6.42. The fraction of sp³-hybridized carbons (Fsp3) is 0.0714. The third kappa shape index (κ3) is 3.04. The SMILES string of the molecule is O=[N+]([O-])c1ccc(Oc2cc(Br)cn3nccc23)cc1C(F)(F)F. The van der Waals surface area contributed by atoms with Gasteiger partial charge in [0.15, 0.2) is 5.75 Å². The van der Waals surface area contributed by atoms with Crippen molar-refractivity contribution < 1.29 is 22.8 Å². The summed E-state index contributed by atoms with van der Waals surface area (Å²) in [5, 5.41) is 14.8. The van der Waals surface area contributed by atoms with Crippen molar-refractivity contribution in [3.63, 3.8) is 0 Å². The molecule has 0 aliphatic rings. The van der Waals surface area contributed by atoms with Crippen molar-refractivity contribution in [2.75, 3.05) is 0 Å². The molecule has 0 spiro atoms. The number of rotatable bonds is 3. The molecule has 2 heterocycles. The van der Waals surface area contributed by atoms with E-state index in [1.165, 1.54) is 10.7 Å². The number of alkyl halides is 3. The van der Waals surface area contributed by atoms with Gasteiger partial charge in [0.25, 0.3) is 5.69 Å². The predicted molar refractivity (Wildman–Crippen MR) is 81.1 cm³/mol. The van der Waals surface area contributed by atoms with E-state index < -0.39 is 22.4 Å². The van der Waals surface area contributed by atoms with Crippen LogP contribution in [0.3, 0.4) is 0 Å². The number of ether oxygens (including phenoxy) is 1. The zero-order chi connectivity index (χ0) is 17.5. The van der Waals surface area contributed by atoms with Crippen molar-refractivity contribution in [1.82, 2.24) is 9.61 Å². The Morgan fingerprint density at radius 3 is 2.67 bits per heavy atom. The molecular formula is C14H7BrF3N3O3. The van der Waals surface area contributed by atoms with E-state index >= 15 is 0 Å². The molecule has 0 unspecified atom stereocenters. The van der Waals surface area contributed by atoms with Crippen molar-refractivity contribution in [3.8, 4) is 11.5 Å². The van der Waals surface area contributed by atoms with Crippen LogP contribution in [0.15, 0.2) is 47.2 Å². The molecular weight excluding hydrogens is 395 g/mol. The Morgan fingerprint density at radius 2 is 2.00 bits per heavy atom. The summed E-state index contributed by atoms with van der Waals surface area (Å²) in [4.78, 5) is 9.69. The van der Waals surface area contributed by atoms with Crippen molar-refractivity contribution in [1.29, 1.82) is 0 Å². The zero-order valence-corrected chi connectivity index (χ0v) is 13.2. The van der Waals surface area contributed by atoms with Crippen LogP contribution in [0.25, 0.3) is 5.52 Å². The molecule has 6 nitrogen and oxygen atoms in total. The Bertz CT molecular complexity index is 940. The van der Waals surface area contributed by atoms with Gasteiger partial charge in [0.1, 0.15) is 16.8 Å². The number of hydrogen-bond donors (Lipinski definition) is 0. The van der Waals surface area contributed by atoms with E-state index in [0.717, 1.165) is 12.1 Å². The molecule has 0 saturated heterocycles. The first-order chi connectivity index (χ1) is 11.3. The summed E-state index contributed by atoms with van der Waals surface area (Å²) in [5.74, 6) is 0.0815. The van der Waals surface area contributed by atoms with E-state index in [-0.39, 0.29) is 11.5 Å². The average molecular weight is 402 g/mol. The van der Waals surface area contributed by atoms with Crippen molar-refractivity contribution in [2.45, 2.75) is 6.18 Å². The van der Waals surface area contributed by atoms with Gasteiger partial charge in [-0.1, -0.05) is 0 Å². The number of benzene rings is 1. The van der Waals surface area contributed by atoms with Crippen LogP contribution in [0, 0.1) is 10.1 Å². The maximum Gasteiger partial charge on any atom is 0.423 e. The fourth-order valence-corrected chi connectivity index (χ4v) is 2.54. The highest BCUT2D eigenvalue weighted by atomic mass is 79.9. The van der Waals surface area contributed by atoms with Gasteiger partial charge in [0, 0.05) is 16.7 Å². The maximum atomic E-state index is 13.0. The number of nitrogens with zero attached hydrogens (tertiary/aromatic N) is 3. The van der Waals surface area contributed by atoms with Crippen LogP contribution in [0.1, 0.15) is 5.56 Å². The Morgan fingerprint density at radius 1 is 1.25 bits per heavy atom. The standard InChI is InChI=1S/C14H7BrF3N3O3/c15-8-5-13(12-3-4-19-20(12)7-8)24-9-1-2-11(21(22)23)10(6-9)14(16,17)18/h1-7H. The highest BCUT2D eigenvalue weighted by molar-refractivity contribution is 9.10. The molecule has 0 fully saturated rings. The normalized spacial score (nSPS) is 11.7. The Kier molecular flexibility index (Phi) is 3.91. The summed E-state index contributed by atoms with van der Waals surface area (Å²) >= 11 is 3.25. The Hall–Kier alpha value is -2.62. The number of fused-ring (bicyclic) bond motifs is 1. The van der Waals surface area contributed by atoms with Crippen LogP contribution < -0.4 is 4.74 Å². The van der Waals surface area contributed by atoms with Crippen LogP contribution in [-0.2, 0) is 6.18 Å². The second-order valence-corrected chi connectivity index (χ2v) is 5.64. The predicted octanol–water partition coefficient (Wildman–Crippen LogP) is 4.82. The largest absolute Gasteiger partial charge is 0.455 e. The van der Waals surface area contributed by atoms with Crippen molar-refractivity contribution in [3.05, 3.63) is 62.9 Å². The minimum Gasteiger partial charge on any atom is -0.455 e. The lowest BCUT2D eigenvalue weighted by atomic mass is 10.1.